The van der Waals surface area contributed by atoms with Crippen LogP contribution in [0.2, 0.25) is 0 Å². The van der Waals surface area contributed by atoms with Crippen molar-refractivity contribution in [2.75, 3.05) is 0 Å². The van der Waals surface area contributed by atoms with Crippen molar-refractivity contribution in [3.63, 3.8) is 0 Å². The van der Waals surface area contributed by atoms with Gasteiger partial charge in [-0.2, -0.15) is 13.2 Å². The first-order chi connectivity index (χ1) is 10.4. The normalized spacial score (nSPS) is 24.1. The lowest BCUT2D eigenvalue weighted by molar-refractivity contribution is -0.138. The van der Waals surface area contributed by atoms with Crippen molar-refractivity contribution < 1.29 is 23.1 Å². The Bertz CT molecular complexity index is 653. The van der Waals surface area contributed by atoms with E-state index in [1.54, 1.807) is 6.92 Å². The third-order valence-corrected chi connectivity index (χ3v) is 5.36. The highest BCUT2D eigenvalue weighted by Gasteiger charge is 2.52. The Labute approximate surface area is 136 Å². The van der Waals surface area contributed by atoms with Gasteiger partial charge in [-0.15, -0.1) is 0 Å². The van der Waals surface area contributed by atoms with Gasteiger partial charge < -0.3 is 10.4 Å². The molecule has 1 aromatic rings. The minimum absolute atomic E-state index is 0.0270. The number of aliphatic hydroxyl groups is 1. The van der Waals surface area contributed by atoms with Gasteiger partial charge in [-0.25, -0.2) is 0 Å². The first-order valence-corrected chi connectivity index (χ1v) is 7.69. The number of aliphatic imine (C=N–C) groups is 1. The number of benzene rings is 1. The third-order valence-electron chi connectivity index (χ3n) is 3.84. The summed E-state index contributed by atoms with van der Waals surface area (Å²) in [6, 6.07) is 5.17. The predicted octanol–water partition coefficient (Wildman–Crippen LogP) is 2.95. The maximum absolute atomic E-state index is 12.9. The molecule has 2 N–H and O–H groups in total. The average molecular weight is 346 g/mol. The van der Waals surface area contributed by atoms with Gasteiger partial charge in [0, 0.05) is 0 Å². The molecule has 1 heterocycles. The molecule has 0 aliphatic carbocycles. The molecule has 1 aliphatic heterocycles. The van der Waals surface area contributed by atoms with E-state index in [-0.39, 0.29) is 17.3 Å². The number of carbonyl (C=O) groups excluding carboxylic acids is 1. The van der Waals surface area contributed by atoms with Gasteiger partial charge in [0.2, 0.25) is 5.91 Å². The van der Waals surface area contributed by atoms with E-state index in [1.807, 2.05) is 0 Å². The number of alkyl halides is 3. The molecule has 1 fully saturated rings. The molecular weight excluding hydrogens is 329 g/mol. The molecule has 8 heteroatoms. The minimum Gasteiger partial charge on any atom is -0.388 e. The molecule has 126 valence electrons. The van der Waals surface area contributed by atoms with Crippen LogP contribution in [0, 0.1) is 0 Å². The van der Waals surface area contributed by atoms with Crippen LogP contribution in [-0.2, 0) is 17.5 Å². The molecule has 0 bridgehead atoms. The molecule has 1 saturated heterocycles. The zero-order chi connectivity index (χ0) is 17.5. The number of amides is 1. The summed E-state index contributed by atoms with van der Waals surface area (Å²) >= 11 is 1.02. The summed E-state index contributed by atoms with van der Waals surface area (Å²) in [5.74, 6) is -0.419. The zero-order valence-electron chi connectivity index (χ0n) is 12.9. The molecule has 1 aliphatic rings. The summed E-state index contributed by atoms with van der Waals surface area (Å²) in [5, 5.41) is 12.8. The van der Waals surface area contributed by atoms with E-state index >= 15 is 0 Å². The summed E-state index contributed by atoms with van der Waals surface area (Å²) in [4.78, 5) is 16.1. The number of thioether (sulfide) groups is 1. The van der Waals surface area contributed by atoms with Crippen LogP contribution in [0.5, 0.6) is 0 Å². The fourth-order valence-corrected chi connectivity index (χ4v) is 3.10. The quantitative estimate of drug-likeness (QED) is 0.885. The molecule has 23 heavy (non-hydrogen) atoms. The van der Waals surface area contributed by atoms with Crippen LogP contribution in [0.4, 0.5) is 13.2 Å². The average Bonchev–Trinajstić information content (AvgIpc) is 2.72. The van der Waals surface area contributed by atoms with Crippen molar-refractivity contribution in [3.05, 3.63) is 35.4 Å². The number of halogens is 3. The Morgan fingerprint density at radius 1 is 1.30 bits per heavy atom. The summed E-state index contributed by atoms with van der Waals surface area (Å²) in [6.07, 6.45) is -4.45. The smallest absolute Gasteiger partial charge is 0.388 e. The van der Waals surface area contributed by atoms with Gasteiger partial charge in [-0.3, -0.25) is 9.79 Å². The van der Waals surface area contributed by atoms with Gasteiger partial charge in [-0.1, -0.05) is 30.0 Å². The van der Waals surface area contributed by atoms with Crippen LogP contribution in [-0.4, -0.2) is 26.5 Å². The lowest BCUT2D eigenvalue weighted by Crippen LogP contribution is -2.50. The second-order valence-electron chi connectivity index (χ2n) is 5.92. The van der Waals surface area contributed by atoms with Gasteiger partial charge in [0.05, 0.1) is 17.7 Å². The number of hydrogen-bond donors (Lipinski definition) is 2. The van der Waals surface area contributed by atoms with Gasteiger partial charge in [0.15, 0.2) is 5.17 Å². The highest BCUT2D eigenvalue weighted by Crippen LogP contribution is 2.40. The molecule has 1 aromatic carbocycles. The van der Waals surface area contributed by atoms with E-state index in [1.165, 1.54) is 32.0 Å². The maximum Gasteiger partial charge on any atom is 0.416 e. The molecule has 0 radical (unpaired) electrons. The van der Waals surface area contributed by atoms with Crippen LogP contribution >= 0.6 is 11.8 Å². The molecule has 0 spiro atoms. The SMILES string of the molecule is CC(C)(O)[C@@]1(C)SC(=NCc2ccccc2C(F)(F)F)NC1=O. The second-order valence-corrected chi connectivity index (χ2v) is 7.33. The van der Waals surface area contributed by atoms with E-state index in [0.29, 0.717) is 0 Å². The van der Waals surface area contributed by atoms with Crippen molar-refractivity contribution >= 4 is 22.8 Å². The Morgan fingerprint density at radius 2 is 1.91 bits per heavy atom. The second kappa shape index (κ2) is 5.83. The number of hydrogen-bond acceptors (Lipinski definition) is 4. The molecule has 2 rings (SSSR count). The molecule has 4 nitrogen and oxygen atoms in total. The fraction of sp³-hybridized carbons (Fsp3) is 0.467. The third kappa shape index (κ3) is 3.53. The van der Waals surface area contributed by atoms with E-state index < -0.39 is 28.0 Å². The molecule has 0 aromatic heterocycles. The maximum atomic E-state index is 12.9. The molecule has 1 atom stereocenters. The van der Waals surface area contributed by atoms with Crippen LogP contribution in [0.3, 0.4) is 0 Å². The highest BCUT2D eigenvalue weighted by atomic mass is 32.2. The van der Waals surface area contributed by atoms with Gasteiger partial charge >= 0.3 is 6.18 Å². The van der Waals surface area contributed by atoms with Crippen molar-refractivity contribution in [2.45, 2.75) is 43.8 Å². The van der Waals surface area contributed by atoms with Crippen molar-refractivity contribution in [3.8, 4) is 0 Å². The van der Waals surface area contributed by atoms with E-state index in [0.717, 1.165) is 17.8 Å². The van der Waals surface area contributed by atoms with Gasteiger partial charge in [-0.05, 0) is 32.4 Å². The summed E-state index contributed by atoms with van der Waals surface area (Å²) < 4.78 is 37.7. The number of carbonyl (C=O) groups is 1. The summed E-state index contributed by atoms with van der Waals surface area (Å²) in [6.45, 7) is 4.36. The summed E-state index contributed by atoms with van der Waals surface area (Å²) in [7, 11) is 0. The number of amidine groups is 1. The van der Waals surface area contributed by atoms with Crippen molar-refractivity contribution in [1.29, 1.82) is 0 Å². The highest BCUT2D eigenvalue weighted by molar-refractivity contribution is 8.16. The molecule has 1 amide bonds. The molecule has 0 unspecified atom stereocenters. The lowest BCUT2D eigenvalue weighted by atomic mass is 9.91. The largest absolute Gasteiger partial charge is 0.416 e. The first-order valence-electron chi connectivity index (χ1n) is 6.87. The Balaban J connectivity index is 2.22. The standard InChI is InChI=1S/C15H17F3N2O2S/c1-13(2,22)14(3)11(21)20-12(23-14)19-8-9-6-4-5-7-10(9)15(16,17)18/h4-7,22H,8H2,1-3H3,(H,19,20,21)/t14-/m0/s1. The lowest BCUT2D eigenvalue weighted by Gasteiger charge is -2.32. The number of rotatable bonds is 3. The van der Waals surface area contributed by atoms with E-state index in [4.69, 9.17) is 0 Å². The fourth-order valence-electron chi connectivity index (χ4n) is 2.05. The Kier molecular flexibility index (Phi) is 4.51. The van der Waals surface area contributed by atoms with Crippen LogP contribution in [0.1, 0.15) is 31.9 Å². The first kappa shape index (κ1) is 17.8. The number of nitrogens with one attached hydrogen (secondary N) is 1. The Hall–Kier alpha value is -1.54. The monoisotopic (exact) mass is 346 g/mol. The van der Waals surface area contributed by atoms with Crippen LogP contribution in [0.15, 0.2) is 29.3 Å². The van der Waals surface area contributed by atoms with Gasteiger partial charge in [0.25, 0.3) is 0 Å². The molecular formula is C15H17F3N2O2S. The zero-order valence-corrected chi connectivity index (χ0v) is 13.7. The van der Waals surface area contributed by atoms with Crippen molar-refractivity contribution in [2.24, 2.45) is 4.99 Å². The van der Waals surface area contributed by atoms with Crippen LogP contribution in [0.25, 0.3) is 0 Å². The predicted molar refractivity (Wildman–Crippen MR) is 83.0 cm³/mol. The topological polar surface area (TPSA) is 61.7 Å². The summed E-state index contributed by atoms with van der Waals surface area (Å²) in [5.41, 5.74) is -2.02. The minimum atomic E-state index is -4.45. The van der Waals surface area contributed by atoms with Crippen LogP contribution < -0.4 is 5.32 Å². The van der Waals surface area contributed by atoms with Gasteiger partial charge in [0.1, 0.15) is 4.75 Å². The number of nitrogens with zero attached hydrogens (tertiary/aromatic N) is 1. The molecule has 0 saturated carbocycles. The van der Waals surface area contributed by atoms with Crippen molar-refractivity contribution in [1.82, 2.24) is 5.32 Å². The Morgan fingerprint density at radius 3 is 2.43 bits per heavy atom. The van der Waals surface area contributed by atoms with E-state index in [2.05, 4.69) is 10.3 Å². The van der Waals surface area contributed by atoms with E-state index in [9.17, 15) is 23.1 Å².